The maximum Gasteiger partial charge on any atom is 0.472 e. The lowest BCUT2D eigenvalue weighted by atomic mass is 10.0. The Bertz CT molecular complexity index is 1030. The summed E-state index contributed by atoms with van der Waals surface area (Å²) in [6.07, 6.45) is 57.0. The van der Waals surface area contributed by atoms with Gasteiger partial charge in [-0.15, -0.1) is 0 Å². The van der Waals surface area contributed by atoms with Gasteiger partial charge in [-0.3, -0.25) is 13.8 Å². The van der Waals surface area contributed by atoms with Gasteiger partial charge < -0.3 is 18.9 Å². The van der Waals surface area contributed by atoms with Gasteiger partial charge in [0.2, 0.25) is 0 Å². The molecule has 0 saturated carbocycles. The van der Waals surface area contributed by atoms with Crippen LogP contribution in [0.1, 0.15) is 277 Å². The van der Waals surface area contributed by atoms with Crippen LogP contribution in [0.15, 0.2) is 12.2 Å². The number of ether oxygens (including phenoxy) is 2. The average Bonchev–Trinajstić information content (AvgIpc) is 3.25. The van der Waals surface area contributed by atoms with E-state index in [1.54, 1.807) is 0 Å². The third-order valence-electron chi connectivity index (χ3n) is 12.6. The van der Waals surface area contributed by atoms with Gasteiger partial charge >= 0.3 is 13.8 Å². The molecule has 0 bridgehead atoms. The van der Waals surface area contributed by atoms with Crippen molar-refractivity contribution in [3.05, 3.63) is 12.2 Å². The average molecular weight is 929 g/mol. The predicted octanol–water partition coefficient (Wildman–Crippen LogP) is 17.3. The first-order valence-electron chi connectivity index (χ1n) is 27.9. The third-order valence-corrected chi connectivity index (χ3v) is 13.6. The first kappa shape index (κ1) is 63.2. The number of carbonyl (C=O) groups excluding carboxylic acids is 1. The summed E-state index contributed by atoms with van der Waals surface area (Å²) in [6.45, 7) is 5.70. The van der Waals surface area contributed by atoms with E-state index in [0.29, 0.717) is 24.1 Å². The zero-order valence-electron chi connectivity index (χ0n) is 43.6. The maximum absolute atomic E-state index is 12.8. The van der Waals surface area contributed by atoms with Gasteiger partial charge in [0.05, 0.1) is 34.4 Å². The lowest BCUT2D eigenvalue weighted by Gasteiger charge is -2.24. The van der Waals surface area contributed by atoms with E-state index in [0.717, 1.165) is 32.1 Å². The molecular weight excluding hydrogens is 818 g/mol. The zero-order chi connectivity index (χ0) is 46.9. The van der Waals surface area contributed by atoms with Gasteiger partial charge in [0.1, 0.15) is 19.3 Å². The molecule has 0 aliphatic rings. The molecule has 2 atom stereocenters. The highest BCUT2D eigenvalue weighted by molar-refractivity contribution is 7.47. The standard InChI is InChI=1S/C55H110NO7P/c1-6-8-10-12-14-16-18-20-22-24-25-26-27-28-29-30-31-32-34-36-38-40-42-44-46-48-55(57)63-54(53-62-64(58,59)61-51-49-56(3,4)5)52-60-50-47-45-43-41-39-37-35-33-23-21-19-17-15-13-11-9-7-2/h24-25,54H,6-23,26-53H2,1-5H3/p+1/b25-24-. The number of carbonyl (C=O) groups is 1. The van der Waals surface area contributed by atoms with Crippen molar-refractivity contribution in [2.75, 3.05) is 54.1 Å². The highest BCUT2D eigenvalue weighted by Crippen LogP contribution is 2.43. The second kappa shape index (κ2) is 48.7. The van der Waals surface area contributed by atoms with Gasteiger partial charge in [-0.05, 0) is 38.5 Å². The van der Waals surface area contributed by atoms with Crippen LogP contribution >= 0.6 is 7.82 Å². The number of hydrogen-bond donors (Lipinski definition) is 1. The SMILES string of the molecule is CCCCCCCCCC/C=C\CCCCCCCCCCCCCCCC(=O)OC(COCCCCCCCCCCCCCCCCCCC)COP(=O)(O)OCC[N+](C)(C)C. The Hall–Kier alpha value is -0.760. The van der Waals surface area contributed by atoms with Crippen LogP contribution in [-0.2, 0) is 27.9 Å². The molecule has 1 N–H and O–H groups in total. The zero-order valence-corrected chi connectivity index (χ0v) is 44.4. The number of quaternary nitrogens is 1. The van der Waals surface area contributed by atoms with Crippen molar-refractivity contribution in [3.63, 3.8) is 0 Å². The first-order valence-corrected chi connectivity index (χ1v) is 29.4. The highest BCUT2D eigenvalue weighted by Gasteiger charge is 2.26. The van der Waals surface area contributed by atoms with E-state index < -0.39 is 13.9 Å². The molecule has 0 heterocycles. The number of phosphoric ester groups is 1. The molecule has 0 amide bonds. The van der Waals surface area contributed by atoms with E-state index in [1.807, 2.05) is 21.1 Å². The molecule has 0 rings (SSSR count). The van der Waals surface area contributed by atoms with Gasteiger partial charge in [-0.1, -0.05) is 244 Å². The molecule has 9 heteroatoms. The van der Waals surface area contributed by atoms with Crippen molar-refractivity contribution in [2.45, 2.75) is 283 Å². The highest BCUT2D eigenvalue weighted by atomic mass is 31.2. The summed E-state index contributed by atoms with van der Waals surface area (Å²) in [5, 5.41) is 0. The third kappa shape index (κ3) is 52.2. The fourth-order valence-electron chi connectivity index (χ4n) is 8.26. The van der Waals surface area contributed by atoms with Gasteiger partial charge in [0, 0.05) is 13.0 Å². The summed E-state index contributed by atoms with van der Waals surface area (Å²) in [6, 6.07) is 0. The number of rotatable bonds is 53. The summed E-state index contributed by atoms with van der Waals surface area (Å²) >= 11 is 0. The van der Waals surface area contributed by atoms with Gasteiger partial charge in [-0.2, -0.15) is 0 Å². The second-order valence-electron chi connectivity index (χ2n) is 20.3. The van der Waals surface area contributed by atoms with Crippen molar-refractivity contribution >= 4 is 13.8 Å². The first-order chi connectivity index (χ1) is 31.1. The number of esters is 1. The monoisotopic (exact) mass is 929 g/mol. The Kier molecular flexibility index (Phi) is 48.1. The van der Waals surface area contributed by atoms with Crippen LogP contribution in [0.4, 0.5) is 0 Å². The fraction of sp³-hybridized carbons (Fsp3) is 0.945. The van der Waals surface area contributed by atoms with Crippen LogP contribution in [0.5, 0.6) is 0 Å². The summed E-state index contributed by atoms with van der Waals surface area (Å²) in [4.78, 5) is 23.0. The lowest BCUT2D eigenvalue weighted by molar-refractivity contribution is -0.870. The van der Waals surface area contributed by atoms with Crippen LogP contribution < -0.4 is 0 Å². The Morgan fingerprint density at radius 2 is 0.812 bits per heavy atom. The van der Waals surface area contributed by atoms with Crippen LogP contribution in [-0.4, -0.2) is 75.6 Å². The number of unbranched alkanes of at least 4 members (excludes halogenated alkanes) is 37. The molecule has 0 aliphatic carbocycles. The molecule has 0 spiro atoms. The Morgan fingerprint density at radius 1 is 0.469 bits per heavy atom. The van der Waals surface area contributed by atoms with E-state index >= 15 is 0 Å². The number of hydrogen-bond acceptors (Lipinski definition) is 6. The second-order valence-corrected chi connectivity index (χ2v) is 21.8. The normalized spacial score (nSPS) is 13.5. The molecule has 0 aliphatic heterocycles. The molecule has 64 heavy (non-hydrogen) atoms. The molecule has 382 valence electrons. The van der Waals surface area contributed by atoms with E-state index in [1.165, 1.54) is 225 Å². The van der Waals surface area contributed by atoms with Crippen molar-refractivity contribution in [1.29, 1.82) is 0 Å². The van der Waals surface area contributed by atoms with E-state index in [9.17, 15) is 14.3 Å². The minimum absolute atomic E-state index is 0.0927. The number of nitrogens with zero attached hydrogens (tertiary/aromatic N) is 1. The minimum atomic E-state index is -4.28. The van der Waals surface area contributed by atoms with Crippen LogP contribution in [0.3, 0.4) is 0 Å². The summed E-state index contributed by atoms with van der Waals surface area (Å²) in [5.74, 6) is -0.306. The minimum Gasteiger partial charge on any atom is -0.457 e. The Morgan fingerprint density at radius 3 is 1.19 bits per heavy atom. The van der Waals surface area contributed by atoms with Crippen LogP contribution in [0, 0.1) is 0 Å². The van der Waals surface area contributed by atoms with Crippen LogP contribution in [0.2, 0.25) is 0 Å². The fourth-order valence-corrected chi connectivity index (χ4v) is 9.00. The van der Waals surface area contributed by atoms with Gasteiger partial charge in [-0.25, -0.2) is 4.57 Å². The molecule has 0 fully saturated rings. The Labute approximate surface area is 399 Å². The van der Waals surface area contributed by atoms with Gasteiger partial charge in [0.25, 0.3) is 0 Å². The smallest absolute Gasteiger partial charge is 0.457 e. The summed E-state index contributed by atoms with van der Waals surface area (Å²) in [7, 11) is 1.69. The summed E-state index contributed by atoms with van der Waals surface area (Å²) < 4.78 is 35.2. The molecule has 2 unspecified atom stereocenters. The van der Waals surface area contributed by atoms with E-state index in [4.69, 9.17) is 18.5 Å². The molecule has 0 aromatic rings. The maximum atomic E-state index is 12.8. The van der Waals surface area contributed by atoms with Crippen molar-refractivity contribution < 1.29 is 37.3 Å². The van der Waals surface area contributed by atoms with Crippen LogP contribution in [0.25, 0.3) is 0 Å². The molecular formula is C55H111NO7P+. The van der Waals surface area contributed by atoms with Crippen molar-refractivity contribution in [1.82, 2.24) is 0 Å². The van der Waals surface area contributed by atoms with Crippen molar-refractivity contribution in [2.24, 2.45) is 0 Å². The molecule has 0 radical (unpaired) electrons. The van der Waals surface area contributed by atoms with Crippen molar-refractivity contribution in [3.8, 4) is 0 Å². The number of phosphoric acid groups is 1. The number of allylic oxidation sites excluding steroid dienone is 2. The quantitative estimate of drug-likeness (QED) is 0.0214. The molecule has 0 aromatic carbocycles. The van der Waals surface area contributed by atoms with E-state index in [-0.39, 0.29) is 25.8 Å². The lowest BCUT2D eigenvalue weighted by Crippen LogP contribution is -2.37. The largest absolute Gasteiger partial charge is 0.472 e. The number of likely N-dealkylation sites (N-methyl/N-ethyl adjacent to an activating group) is 1. The topological polar surface area (TPSA) is 91.3 Å². The van der Waals surface area contributed by atoms with E-state index in [2.05, 4.69) is 26.0 Å². The summed E-state index contributed by atoms with van der Waals surface area (Å²) in [5.41, 5.74) is 0. The molecule has 0 saturated heterocycles. The predicted molar refractivity (Wildman–Crippen MR) is 275 cm³/mol. The molecule has 0 aromatic heterocycles. The molecule has 8 nitrogen and oxygen atoms in total. The van der Waals surface area contributed by atoms with Gasteiger partial charge in [0.15, 0.2) is 0 Å². The Balaban J connectivity index is 4.03.